The Hall–Kier alpha value is -0.160. The molecule has 1 saturated heterocycles. The SMILES string of the molecule is CCN(CCC1CCCC1(O)CN)CC1CCCO1. The van der Waals surface area contributed by atoms with Gasteiger partial charge in [0.1, 0.15) is 0 Å². The summed E-state index contributed by atoms with van der Waals surface area (Å²) >= 11 is 0. The van der Waals surface area contributed by atoms with E-state index < -0.39 is 5.60 Å². The van der Waals surface area contributed by atoms with E-state index in [0.29, 0.717) is 18.6 Å². The molecule has 0 spiro atoms. The first-order chi connectivity index (χ1) is 9.18. The van der Waals surface area contributed by atoms with Crippen LogP contribution in [0.15, 0.2) is 0 Å². The number of nitrogens with zero attached hydrogens (tertiary/aromatic N) is 1. The van der Waals surface area contributed by atoms with Crippen LogP contribution in [0, 0.1) is 5.92 Å². The van der Waals surface area contributed by atoms with Crippen LogP contribution in [0.2, 0.25) is 0 Å². The van der Waals surface area contributed by atoms with Gasteiger partial charge in [-0.15, -0.1) is 0 Å². The van der Waals surface area contributed by atoms with E-state index in [1.807, 2.05) is 0 Å². The van der Waals surface area contributed by atoms with Crippen LogP contribution in [-0.4, -0.2) is 54.5 Å². The monoisotopic (exact) mass is 270 g/mol. The molecule has 3 atom stereocenters. The van der Waals surface area contributed by atoms with Crippen molar-refractivity contribution < 1.29 is 9.84 Å². The average molecular weight is 270 g/mol. The number of ether oxygens (including phenoxy) is 1. The molecule has 0 aromatic carbocycles. The third-order valence-electron chi connectivity index (χ3n) is 5.00. The molecule has 0 aromatic heterocycles. The highest BCUT2D eigenvalue weighted by Crippen LogP contribution is 2.37. The molecule has 2 rings (SSSR count). The highest BCUT2D eigenvalue weighted by atomic mass is 16.5. The fraction of sp³-hybridized carbons (Fsp3) is 1.00. The largest absolute Gasteiger partial charge is 0.388 e. The van der Waals surface area contributed by atoms with Gasteiger partial charge in [0.2, 0.25) is 0 Å². The van der Waals surface area contributed by atoms with Gasteiger partial charge >= 0.3 is 0 Å². The van der Waals surface area contributed by atoms with Crippen LogP contribution >= 0.6 is 0 Å². The molecule has 2 fully saturated rings. The molecule has 1 aliphatic carbocycles. The number of aliphatic hydroxyl groups is 1. The van der Waals surface area contributed by atoms with E-state index in [1.165, 1.54) is 12.8 Å². The molecule has 19 heavy (non-hydrogen) atoms. The van der Waals surface area contributed by atoms with E-state index in [1.54, 1.807) is 0 Å². The molecular formula is C15H30N2O2. The van der Waals surface area contributed by atoms with Gasteiger partial charge in [-0.1, -0.05) is 13.3 Å². The zero-order chi connectivity index (χ0) is 13.7. The van der Waals surface area contributed by atoms with Gasteiger partial charge in [0.25, 0.3) is 0 Å². The van der Waals surface area contributed by atoms with Crippen LogP contribution in [0.1, 0.15) is 45.4 Å². The average Bonchev–Trinajstić information content (AvgIpc) is 3.05. The maximum Gasteiger partial charge on any atom is 0.0797 e. The maximum absolute atomic E-state index is 10.5. The molecule has 4 nitrogen and oxygen atoms in total. The smallest absolute Gasteiger partial charge is 0.0797 e. The second-order valence-corrected chi connectivity index (χ2v) is 6.21. The predicted molar refractivity (Wildman–Crippen MR) is 77.1 cm³/mol. The fourth-order valence-corrected chi connectivity index (χ4v) is 3.60. The van der Waals surface area contributed by atoms with Crippen molar-refractivity contribution in [1.29, 1.82) is 0 Å². The van der Waals surface area contributed by atoms with E-state index >= 15 is 0 Å². The van der Waals surface area contributed by atoms with Gasteiger partial charge in [-0.3, -0.25) is 0 Å². The van der Waals surface area contributed by atoms with E-state index in [9.17, 15) is 5.11 Å². The number of hydrogen-bond acceptors (Lipinski definition) is 4. The molecule has 2 aliphatic rings. The Morgan fingerprint density at radius 1 is 1.37 bits per heavy atom. The summed E-state index contributed by atoms with van der Waals surface area (Å²) in [7, 11) is 0. The summed E-state index contributed by atoms with van der Waals surface area (Å²) in [5, 5.41) is 10.5. The zero-order valence-corrected chi connectivity index (χ0v) is 12.3. The Morgan fingerprint density at radius 2 is 2.21 bits per heavy atom. The summed E-state index contributed by atoms with van der Waals surface area (Å²) in [5.41, 5.74) is 5.15. The van der Waals surface area contributed by atoms with E-state index in [4.69, 9.17) is 10.5 Å². The van der Waals surface area contributed by atoms with E-state index in [-0.39, 0.29) is 0 Å². The Bertz CT molecular complexity index is 269. The van der Waals surface area contributed by atoms with Gasteiger partial charge in [-0.05, 0) is 51.1 Å². The maximum atomic E-state index is 10.5. The molecule has 0 aromatic rings. The lowest BCUT2D eigenvalue weighted by atomic mass is 9.88. The first kappa shape index (κ1) is 15.2. The van der Waals surface area contributed by atoms with Crippen molar-refractivity contribution in [1.82, 2.24) is 4.90 Å². The molecular weight excluding hydrogens is 240 g/mol. The van der Waals surface area contributed by atoms with Gasteiger partial charge in [-0.25, -0.2) is 0 Å². The van der Waals surface area contributed by atoms with E-state index in [2.05, 4.69) is 11.8 Å². The van der Waals surface area contributed by atoms with Crippen molar-refractivity contribution >= 4 is 0 Å². The molecule has 0 bridgehead atoms. The van der Waals surface area contributed by atoms with E-state index in [0.717, 1.165) is 51.9 Å². The minimum Gasteiger partial charge on any atom is -0.388 e. The lowest BCUT2D eigenvalue weighted by Gasteiger charge is -2.31. The van der Waals surface area contributed by atoms with Gasteiger partial charge in [0, 0.05) is 19.7 Å². The molecule has 0 amide bonds. The minimum atomic E-state index is -0.594. The Morgan fingerprint density at radius 3 is 2.84 bits per heavy atom. The lowest BCUT2D eigenvalue weighted by Crippen LogP contribution is -2.43. The van der Waals surface area contributed by atoms with Crippen LogP contribution < -0.4 is 5.73 Å². The molecule has 3 N–H and O–H groups in total. The first-order valence-corrected chi connectivity index (χ1v) is 7.94. The van der Waals surface area contributed by atoms with Gasteiger partial charge in [0.15, 0.2) is 0 Å². The summed E-state index contributed by atoms with van der Waals surface area (Å²) in [5.74, 6) is 0.385. The Labute approximate surface area is 117 Å². The second-order valence-electron chi connectivity index (χ2n) is 6.21. The summed E-state index contributed by atoms with van der Waals surface area (Å²) in [6.07, 6.45) is 7.03. The number of hydrogen-bond donors (Lipinski definition) is 2. The predicted octanol–water partition coefficient (Wildman–Crippen LogP) is 1.37. The second kappa shape index (κ2) is 7.02. The summed E-state index contributed by atoms with van der Waals surface area (Å²) in [4.78, 5) is 2.46. The summed E-state index contributed by atoms with van der Waals surface area (Å²) in [6, 6.07) is 0. The Kier molecular flexibility index (Phi) is 5.63. The van der Waals surface area contributed by atoms with Crippen LogP contribution in [-0.2, 0) is 4.74 Å². The molecule has 1 saturated carbocycles. The molecule has 112 valence electrons. The molecule has 0 radical (unpaired) electrons. The van der Waals surface area contributed by atoms with Gasteiger partial charge in [-0.2, -0.15) is 0 Å². The van der Waals surface area contributed by atoms with Crippen molar-refractivity contribution in [3.63, 3.8) is 0 Å². The van der Waals surface area contributed by atoms with Crippen molar-refractivity contribution in [2.75, 3.05) is 32.8 Å². The first-order valence-electron chi connectivity index (χ1n) is 7.94. The number of likely N-dealkylation sites (N-methyl/N-ethyl adjacent to an activating group) is 1. The third kappa shape index (κ3) is 3.91. The van der Waals surface area contributed by atoms with Crippen LogP contribution in [0.3, 0.4) is 0 Å². The number of rotatable bonds is 7. The van der Waals surface area contributed by atoms with Crippen molar-refractivity contribution in [3.8, 4) is 0 Å². The van der Waals surface area contributed by atoms with Crippen molar-refractivity contribution in [3.05, 3.63) is 0 Å². The number of nitrogens with two attached hydrogens (primary N) is 1. The third-order valence-corrected chi connectivity index (χ3v) is 5.00. The highest BCUT2D eigenvalue weighted by molar-refractivity contribution is 4.93. The van der Waals surface area contributed by atoms with Gasteiger partial charge in [0.05, 0.1) is 11.7 Å². The normalized spacial score (nSPS) is 35.4. The summed E-state index contributed by atoms with van der Waals surface area (Å²) < 4.78 is 5.71. The fourth-order valence-electron chi connectivity index (χ4n) is 3.60. The molecule has 3 unspecified atom stereocenters. The minimum absolute atomic E-state index is 0.385. The van der Waals surface area contributed by atoms with Crippen molar-refractivity contribution in [2.24, 2.45) is 11.7 Å². The van der Waals surface area contributed by atoms with Crippen molar-refractivity contribution in [2.45, 2.75) is 57.2 Å². The van der Waals surface area contributed by atoms with Gasteiger partial charge < -0.3 is 20.5 Å². The lowest BCUT2D eigenvalue weighted by molar-refractivity contribution is 0.00238. The van der Waals surface area contributed by atoms with Crippen LogP contribution in [0.5, 0.6) is 0 Å². The quantitative estimate of drug-likeness (QED) is 0.733. The molecule has 1 heterocycles. The molecule has 1 aliphatic heterocycles. The van der Waals surface area contributed by atoms with Crippen LogP contribution in [0.25, 0.3) is 0 Å². The highest BCUT2D eigenvalue weighted by Gasteiger charge is 2.39. The van der Waals surface area contributed by atoms with Crippen LogP contribution in [0.4, 0.5) is 0 Å². The topological polar surface area (TPSA) is 58.7 Å². The Balaban J connectivity index is 1.75. The zero-order valence-electron chi connectivity index (χ0n) is 12.3. The molecule has 4 heteroatoms. The summed E-state index contributed by atoms with van der Waals surface area (Å²) in [6.45, 7) is 6.72. The standard InChI is InChI=1S/C15H30N2O2/c1-2-17(11-14-6-4-10-19-14)9-7-13-5-3-8-15(13,18)12-16/h13-14,18H,2-12,16H2,1H3.